The Labute approximate surface area is 136 Å². The molecule has 126 valence electrons. The molecular weight excluding hydrogens is 329 g/mol. The van der Waals surface area contributed by atoms with Gasteiger partial charge in [0.1, 0.15) is 6.04 Å². The number of nitrogens with one attached hydrogen (secondary N) is 1. The van der Waals surface area contributed by atoms with E-state index < -0.39 is 23.7 Å². The summed E-state index contributed by atoms with van der Waals surface area (Å²) in [7, 11) is 0. The SMILES string of the molecule is CC(=O)N1CSC[C@H]1C(=O)N[C@](C)(c1ccccc1)C(F)(F)F. The van der Waals surface area contributed by atoms with Crippen LogP contribution in [0.4, 0.5) is 13.2 Å². The average molecular weight is 346 g/mol. The van der Waals surface area contributed by atoms with Crippen molar-refractivity contribution in [1.82, 2.24) is 10.2 Å². The van der Waals surface area contributed by atoms with Crippen LogP contribution in [0.25, 0.3) is 0 Å². The van der Waals surface area contributed by atoms with Crippen molar-refractivity contribution in [1.29, 1.82) is 0 Å². The lowest BCUT2D eigenvalue weighted by Gasteiger charge is -2.35. The van der Waals surface area contributed by atoms with Gasteiger partial charge >= 0.3 is 6.18 Å². The summed E-state index contributed by atoms with van der Waals surface area (Å²) >= 11 is 1.34. The molecule has 8 heteroatoms. The molecule has 1 aromatic rings. The summed E-state index contributed by atoms with van der Waals surface area (Å²) in [6.45, 7) is 2.23. The van der Waals surface area contributed by atoms with Crippen LogP contribution in [-0.4, -0.2) is 40.6 Å². The molecular formula is C15H17F3N2O2S. The van der Waals surface area contributed by atoms with Gasteiger partial charge in [-0.15, -0.1) is 11.8 Å². The van der Waals surface area contributed by atoms with E-state index in [4.69, 9.17) is 0 Å². The normalized spacial score (nSPS) is 20.9. The molecule has 1 fully saturated rings. The third kappa shape index (κ3) is 3.46. The van der Waals surface area contributed by atoms with Crippen LogP contribution in [0.1, 0.15) is 19.4 Å². The molecule has 4 nitrogen and oxygen atoms in total. The van der Waals surface area contributed by atoms with Crippen molar-refractivity contribution in [3.05, 3.63) is 35.9 Å². The lowest BCUT2D eigenvalue weighted by atomic mass is 9.90. The predicted octanol–water partition coefficient (Wildman–Crippen LogP) is 2.50. The molecule has 1 aromatic carbocycles. The maximum Gasteiger partial charge on any atom is 0.415 e. The molecule has 0 bridgehead atoms. The van der Waals surface area contributed by atoms with Crippen molar-refractivity contribution in [2.45, 2.75) is 31.6 Å². The van der Waals surface area contributed by atoms with E-state index in [1.54, 1.807) is 6.07 Å². The molecule has 0 unspecified atom stereocenters. The molecule has 0 saturated carbocycles. The Bertz CT molecular complexity index is 594. The predicted molar refractivity (Wildman–Crippen MR) is 81.6 cm³/mol. The van der Waals surface area contributed by atoms with Gasteiger partial charge in [-0.2, -0.15) is 13.2 Å². The zero-order valence-electron chi connectivity index (χ0n) is 12.7. The van der Waals surface area contributed by atoms with Crippen LogP contribution >= 0.6 is 11.8 Å². The second-order valence-corrected chi connectivity index (χ2v) is 6.48. The first-order valence-corrected chi connectivity index (χ1v) is 8.11. The minimum Gasteiger partial charge on any atom is -0.337 e. The van der Waals surface area contributed by atoms with Gasteiger partial charge in [0.2, 0.25) is 11.8 Å². The summed E-state index contributed by atoms with van der Waals surface area (Å²) in [4.78, 5) is 25.2. The van der Waals surface area contributed by atoms with E-state index in [1.807, 2.05) is 0 Å². The van der Waals surface area contributed by atoms with Gasteiger partial charge in [-0.1, -0.05) is 30.3 Å². The number of hydrogen-bond donors (Lipinski definition) is 1. The molecule has 1 aliphatic heterocycles. The number of thioether (sulfide) groups is 1. The highest BCUT2D eigenvalue weighted by Gasteiger charge is 2.54. The largest absolute Gasteiger partial charge is 0.415 e. The zero-order chi connectivity index (χ0) is 17.3. The summed E-state index contributed by atoms with van der Waals surface area (Å²) in [5, 5.41) is 2.11. The number of nitrogens with zero attached hydrogens (tertiary/aromatic N) is 1. The number of benzene rings is 1. The Morgan fingerprint density at radius 3 is 2.39 bits per heavy atom. The van der Waals surface area contributed by atoms with Crippen molar-refractivity contribution in [3.8, 4) is 0 Å². The van der Waals surface area contributed by atoms with E-state index in [2.05, 4.69) is 5.32 Å². The van der Waals surface area contributed by atoms with Gasteiger partial charge in [-0.25, -0.2) is 0 Å². The van der Waals surface area contributed by atoms with Crippen LogP contribution in [0, 0.1) is 0 Å². The Morgan fingerprint density at radius 1 is 1.26 bits per heavy atom. The third-order valence-corrected chi connectivity index (χ3v) is 4.89. The van der Waals surface area contributed by atoms with Crippen LogP contribution in [0.2, 0.25) is 0 Å². The fourth-order valence-electron chi connectivity index (χ4n) is 2.38. The highest BCUT2D eigenvalue weighted by molar-refractivity contribution is 7.99. The highest BCUT2D eigenvalue weighted by Crippen LogP contribution is 2.39. The Kier molecular flexibility index (Phi) is 4.93. The topological polar surface area (TPSA) is 49.4 Å². The van der Waals surface area contributed by atoms with E-state index >= 15 is 0 Å². The number of carbonyl (C=O) groups is 2. The number of amides is 2. The molecule has 2 rings (SSSR count). The Balaban J connectivity index is 2.29. The van der Waals surface area contributed by atoms with E-state index in [-0.39, 0.29) is 17.2 Å². The first kappa shape index (κ1) is 17.7. The number of alkyl halides is 3. The lowest BCUT2D eigenvalue weighted by molar-refractivity contribution is -0.198. The summed E-state index contributed by atoms with van der Waals surface area (Å²) in [6, 6.07) is 6.33. The van der Waals surface area contributed by atoms with E-state index in [9.17, 15) is 22.8 Å². The van der Waals surface area contributed by atoms with Gasteiger partial charge in [0, 0.05) is 12.7 Å². The molecule has 2 atom stereocenters. The molecule has 0 radical (unpaired) electrons. The van der Waals surface area contributed by atoms with Crippen LogP contribution in [0.5, 0.6) is 0 Å². The highest BCUT2D eigenvalue weighted by atomic mass is 32.2. The molecule has 23 heavy (non-hydrogen) atoms. The molecule has 1 heterocycles. The Hall–Kier alpha value is -1.70. The summed E-state index contributed by atoms with van der Waals surface area (Å²) in [6.07, 6.45) is -4.67. The van der Waals surface area contributed by atoms with Crippen molar-refractivity contribution in [3.63, 3.8) is 0 Å². The van der Waals surface area contributed by atoms with Crippen molar-refractivity contribution >= 4 is 23.6 Å². The smallest absolute Gasteiger partial charge is 0.337 e. The molecule has 1 N–H and O–H groups in total. The third-order valence-electron chi connectivity index (χ3n) is 3.88. The first-order chi connectivity index (χ1) is 10.7. The zero-order valence-corrected chi connectivity index (χ0v) is 13.5. The molecule has 1 saturated heterocycles. The van der Waals surface area contributed by atoms with Crippen molar-refractivity contribution in [2.75, 3.05) is 11.6 Å². The van der Waals surface area contributed by atoms with Crippen LogP contribution in [0.3, 0.4) is 0 Å². The van der Waals surface area contributed by atoms with Gasteiger partial charge in [-0.3, -0.25) is 9.59 Å². The van der Waals surface area contributed by atoms with Gasteiger partial charge < -0.3 is 10.2 Å². The Morgan fingerprint density at radius 2 is 1.87 bits per heavy atom. The molecule has 0 aliphatic carbocycles. The average Bonchev–Trinajstić information content (AvgIpc) is 2.96. The van der Waals surface area contributed by atoms with Gasteiger partial charge in [0.25, 0.3) is 0 Å². The second-order valence-electron chi connectivity index (χ2n) is 5.48. The minimum absolute atomic E-state index is 0.0547. The van der Waals surface area contributed by atoms with Crippen molar-refractivity contribution in [2.24, 2.45) is 0 Å². The fraction of sp³-hybridized carbons (Fsp3) is 0.467. The molecule has 2 amide bonds. The fourth-order valence-corrected chi connectivity index (χ4v) is 3.60. The molecule has 0 aromatic heterocycles. The van der Waals surface area contributed by atoms with Crippen LogP contribution in [0.15, 0.2) is 30.3 Å². The minimum atomic E-state index is -4.67. The number of rotatable bonds is 3. The maximum atomic E-state index is 13.6. The van der Waals surface area contributed by atoms with E-state index in [1.165, 1.54) is 47.9 Å². The summed E-state index contributed by atoms with van der Waals surface area (Å²) < 4.78 is 40.8. The van der Waals surface area contributed by atoms with E-state index in [0.717, 1.165) is 6.92 Å². The quantitative estimate of drug-likeness (QED) is 0.915. The molecule has 1 aliphatic rings. The van der Waals surface area contributed by atoms with Crippen LogP contribution < -0.4 is 5.32 Å². The van der Waals surface area contributed by atoms with E-state index in [0.29, 0.717) is 5.88 Å². The lowest BCUT2D eigenvalue weighted by Crippen LogP contribution is -2.58. The monoisotopic (exact) mass is 346 g/mol. The maximum absolute atomic E-state index is 13.6. The standard InChI is InChI=1S/C15H17F3N2O2S/c1-10(21)20-9-23-8-12(20)13(22)19-14(2,15(16,17)18)11-6-4-3-5-7-11/h3-7,12H,8-9H2,1-2H3,(H,19,22)/t12-,14+/m0/s1. The van der Waals surface area contributed by atoms with Gasteiger partial charge in [0.05, 0.1) is 5.88 Å². The number of halogens is 3. The summed E-state index contributed by atoms with van der Waals surface area (Å²) in [5.41, 5.74) is -2.57. The number of hydrogen-bond acceptors (Lipinski definition) is 3. The first-order valence-electron chi connectivity index (χ1n) is 6.96. The second kappa shape index (κ2) is 6.43. The van der Waals surface area contributed by atoms with Gasteiger partial charge in [0.15, 0.2) is 5.54 Å². The number of carbonyl (C=O) groups excluding carboxylic acids is 2. The van der Waals surface area contributed by atoms with Crippen LogP contribution in [-0.2, 0) is 15.1 Å². The van der Waals surface area contributed by atoms with Crippen molar-refractivity contribution < 1.29 is 22.8 Å². The van der Waals surface area contributed by atoms with Gasteiger partial charge in [-0.05, 0) is 12.5 Å². The molecule has 0 spiro atoms. The summed E-state index contributed by atoms with van der Waals surface area (Å²) in [5.74, 6) is -0.534.